The molecule has 0 bridgehead atoms. The molecule has 2 fully saturated rings. The van der Waals surface area contributed by atoms with Crippen LogP contribution in [0.1, 0.15) is 24.8 Å². The highest BCUT2D eigenvalue weighted by Crippen LogP contribution is 2.29. The first-order valence-corrected chi connectivity index (χ1v) is 8.96. The van der Waals surface area contributed by atoms with Crippen LogP contribution in [0.25, 0.3) is 0 Å². The van der Waals surface area contributed by atoms with Crippen LogP contribution in [-0.4, -0.2) is 67.8 Å². The molecule has 4 nitrogen and oxygen atoms in total. The van der Waals surface area contributed by atoms with Crippen molar-refractivity contribution in [3.05, 3.63) is 22.4 Å². The molecule has 3 heterocycles. The fourth-order valence-electron chi connectivity index (χ4n) is 3.48. The van der Waals surface area contributed by atoms with Gasteiger partial charge >= 0.3 is 0 Å². The lowest BCUT2D eigenvalue weighted by atomic mass is 10.1. The highest BCUT2D eigenvalue weighted by atomic mass is 32.1. The molecule has 2 aliphatic rings. The number of nitrogens with zero attached hydrogens (tertiary/aromatic N) is 2. The van der Waals surface area contributed by atoms with E-state index in [1.54, 1.807) is 0 Å². The first-order valence-electron chi connectivity index (χ1n) is 8.08. The molecule has 0 aromatic carbocycles. The van der Waals surface area contributed by atoms with Crippen molar-refractivity contribution < 1.29 is 4.74 Å². The Morgan fingerprint density at radius 2 is 2.00 bits per heavy atom. The van der Waals surface area contributed by atoms with Crippen LogP contribution >= 0.6 is 11.3 Å². The molecule has 5 heteroatoms. The van der Waals surface area contributed by atoms with Crippen LogP contribution in [0.3, 0.4) is 0 Å². The van der Waals surface area contributed by atoms with Crippen molar-refractivity contribution in [2.45, 2.75) is 32.1 Å². The standard InChI is InChI=1S/C16H27N3OS/c1-13-10-19(11-14(2)20-13)15(16-4-3-9-21-16)12-18-7-5-17-6-8-18/h3-4,9,13-15,17H,5-8,10-12H2,1-2H3. The van der Waals surface area contributed by atoms with Crippen molar-refractivity contribution in [1.82, 2.24) is 15.1 Å². The van der Waals surface area contributed by atoms with Crippen LogP contribution in [0.5, 0.6) is 0 Å². The zero-order valence-electron chi connectivity index (χ0n) is 13.1. The predicted molar refractivity (Wildman–Crippen MR) is 88.0 cm³/mol. The van der Waals surface area contributed by atoms with Crippen LogP contribution in [0, 0.1) is 0 Å². The van der Waals surface area contributed by atoms with E-state index in [0.717, 1.165) is 45.8 Å². The number of thiophene rings is 1. The summed E-state index contributed by atoms with van der Waals surface area (Å²) in [5.41, 5.74) is 0. The summed E-state index contributed by atoms with van der Waals surface area (Å²) in [6.45, 7) is 12.2. The third-order valence-electron chi connectivity index (χ3n) is 4.40. The molecule has 21 heavy (non-hydrogen) atoms. The number of morpholine rings is 1. The smallest absolute Gasteiger partial charge is 0.0678 e. The van der Waals surface area contributed by atoms with Crippen molar-refractivity contribution in [3.8, 4) is 0 Å². The van der Waals surface area contributed by atoms with Crippen molar-refractivity contribution in [2.75, 3.05) is 45.8 Å². The van der Waals surface area contributed by atoms with Gasteiger partial charge in [0.1, 0.15) is 0 Å². The molecule has 3 unspecified atom stereocenters. The Morgan fingerprint density at radius 3 is 2.62 bits per heavy atom. The molecule has 0 radical (unpaired) electrons. The van der Waals surface area contributed by atoms with Gasteiger partial charge in [-0.2, -0.15) is 0 Å². The van der Waals surface area contributed by atoms with Crippen molar-refractivity contribution in [2.24, 2.45) is 0 Å². The van der Waals surface area contributed by atoms with Gasteiger partial charge in [0.25, 0.3) is 0 Å². The lowest BCUT2D eigenvalue weighted by Crippen LogP contribution is -2.51. The van der Waals surface area contributed by atoms with E-state index in [0.29, 0.717) is 18.2 Å². The molecule has 0 spiro atoms. The maximum Gasteiger partial charge on any atom is 0.0678 e. The molecule has 0 saturated carbocycles. The Kier molecular flexibility index (Phi) is 5.29. The first kappa shape index (κ1) is 15.4. The van der Waals surface area contributed by atoms with E-state index in [2.05, 4.69) is 46.5 Å². The summed E-state index contributed by atoms with van der Waals surface area (Å²) in [6.07, 6.45) is 0.665. The molecular formula is C16H27N3OS. The number of hydrogen-bond donors (Lipinski definition) is 1. The molecule has 1 aromatic rings. The Hall–Kier alpha value is -0.460. The minimum absolute atomic E-state index is 0.333. The highest BCUT2D eigenvalue weighted by molar-refractivity contribution is 7.10. The highest BCUT2D eigenvalue weighted by Gasteiger charge is 2.30. The van der Waals surface area contributed by atoms with E-state index in [-0.39, 0.29) is 0 Å². The molecule has 3 rings (SSSR count). The summed E-state index contributed by atoms with van der Waals surface area (Å²) in [6, 6.07) is 4.98. The quantitative estimate of drug-likeness (QED) is 0.918. The van der Waals surface area contributed by atoms with E-state index in [4.69, 9.17) is 4.74 Å². The van der Waals surface area contributed by atoms with Crippen LogP contribution in [-0.2, 0) is 4.74 Å². The average molecular weight is 309 g/mol. The minimum Gasteiger partial charge on any atom is -0.373 e. The van der Waals surface area contributed by atoms with Gasteiger partial charge in [-0.15, -0.1) is 11.3 Å². The maximum atomic E-state index is 5.91. The summed E-state index contributed by atoms with van der Waals surface area (Å²) in [5, 5.41) is 5.65. The van der Waals surface area contributed by atoms with Crippen molar-refractivity contribution in [3.63, 3.8) is 0 Å². The molecule has 118 valence electrons. The zero-order valence-corrected chi connectivity index (χ0v) is 13.9. The third-order valence-corrected chi connectivity index (χ3v) is 5.37. The number of ether oxygens (including phenoxy) is 1. The summed E-state index contributed by atoms with van der Waals surface area (Å²) >= 11 is 1.89. The monoisotopic (exact) mass is 309 g/mol. The molecule has 1 N–H and O–H groups in total. The topological polar surface area (TPSA) is 27.7 Å². The molecule has 1 aromatic heterocycles. The second-order valence-corrected chi connectivity index (χ2v) is 7.27. The fourth-order valence-corrected chi connectivity index (χ4v) is 4.33. The molecule has 3 atom stereocenters. The second-order valence-electron chi connectivity index (χ2n) is 6.29. The average Bonchev–Trinajstić information content (AvgIpc) is 2.98. The maximum absolute atomic E-state index is 5.91. The summed E-state index contributed by atoms with van der Waals surface area (Å²) in [7, 11) is 0. The van der Waals surface area contributed by atoms with E-state index in [1.165, 1.54) is 4.88 Å². The van der Waals surface area contributed by atoms with Crippen LogP contribution in [0.4, 0.5) is 0 Å². The summed E-state index contributed by atoms with van der Waals surface area (Å²) in [4.78, 5) is 6.73. The number of rotatable bonds is 4. The number of piperazine rings is 1. The van der Waals surface area contributed by atoms with Gasteiger partial charge < -0.3 is 10.1 Å². The van der Waals surface area contributed by atoms with Gasteiger partial charge in [-0.05, 0) is 25.3 Å². The van der Waals surface area contributed by atoms with Crippen LogP contribution < -0.4 is 5.32 Å². The van der Waals surface area contributed by atoms with Gasteiger partial charge in [-0.1, -0.05) is 6.07 Å². The van der Waals surface area contributed by atoms with Gasteiger partial charge in [0.05, 0.1) is 18.2 Å². The lowest BCUT2D eigenvalue weighted by molar-refractivity contribution is -0.0838. The van der Waals surface area contributed by atoms with Crippen LogP contribution in [0.15, 0.2) is 17.5 Å². The van der Waals surface area contributed by atoms with Gasteiger partial charge in [-0.3, -0.25) is 9.80 Å². The van der Waals surface area contributed by atoms with Gasteiger partial charge in [0, 0.05) is 50.7 Å². The van der Waals surface area contributed by atoms with Crippen molar-refractivity contribution >= 4 is 11.3 Å². The van der Waals surface area contributed by atoms with Gasteiger partial charge in [0.15, 0.2) is 0 Å². The number of nitrogens with one attached hydrogen (secondary N) is 1. The minimum atomic E-state index is 0.333. The molecule has 2 saturated heterocycles. The largest absolute Gasteiger partial charge is 0.373 e. The fraction of sp³-hybridized carbons (Fsp3) is 0.750. The Labute approximate surface area is 132 Å². The third kappa shape index (κ3) is 4.05. The van der Waals surface area contributed by atoms with Gasteiger partial charge in [0.2, 0.25) is 0 Å². The van der Waals surface area contributed by atoms with E-state index in [9.17, 15) is 0 Å². The normalized spacial score (nSPS) is 30.4. The Bertz CT molecular complexity index is 409. The second kappa shape index (κ2) is 7.20. The predicted octanol–water partition coefficient (Wildman–Crippen LogP) is 1.80. The molecular weight excluding hydrogens is 282 g/mol. The zero-order chi connectivity index (χ0) is 14.7. The molecule has 0 amide bonds. The Morgan fingerprint density at radius 1 is 1.29 bits per heavy atom. The summed E-state index contributed by atoms with van der Waals surface area (Å²) in [5.74, 6) is 0. The van der Waals surface area contributed by atoms with Crippen molar-refractivity contribution in [1.29, 1.82) is 0 Å². The molecule has 0 aliphatic carbocycles. The Balaban J connectivity index is 1.72. The number of hydrogen-bond acceptors (Lipinski definition) is 5. The van der Waals surface area contributed by atoms with E-state index < -0.39 is 0 Å². The van der Waals surface area contributed by atoms with Gasteiger partial charge in [-0.25, -0.2) is 0 Å². The SMILES string of the molecule is CC1CN(C(CN2CCNCC2)c2cccs2)CC(C)O1. The van der Waals surface area contributed by atoms with E-state index in [1.807, 2.05) is 11.3 Å². The molecule has 2 aliphatic heterocycles. The van der Waals surface area contributed by atoms with E-state index >= 15 is 0 Å². The summed E-state index contributed by atoms with van der Waals surface area (Å²) < 4.78 is 5.91. The lowest BCUT2D eigenvalue weighted by Gasteiger charge is -2.42. The van der Waals surface area contributed by atoms with Crippen LogP contribution in [0.2, 0.25) is 0 Å². The first-order chi connectivity index (χ1) is 10.2.